The molecule has 0 bridgehead atoms. The Labute approximate surface area is 122 Å². The Morgan fingerprint density at radius 1 is 1.24 bits per heavy atom. The number of benzene rings is 1. The van der Waals surface area contributed by atoms with Gasteiger partial charge < -0.3 is 4.74 Å². The summed E-state index contributed by atoms with van der Waals surface area (Å²) in [6.07, 6.45) is 5.06. The summed E-state index contributed by atoms with van der Waals surface area (Å²) < 4.78 is 5.14. The number of pyridine rings is 1. The number of nitrogens with zero attached hydrogens (tertiary/aromatic N) is 3. The van der Waals surface area contributed by atoms with Gasteiger partial charge in [0.15, 0.2) is 0 Å². The van der Waals surface area contributed by atoms with Gasteiger partial charge in [0, 0.05) is 23.8 Å². The largest absolute Gasteiger partial charge is 0.481 e. The summed E-state index contributed by atoms with van der Waals surface area (Å²) in [5, 5.41) is 2.13. The van der Waals surface area contributed by atoms with Crippen LogP contribution in [0.5, 0.6) is 5.88 Å². The van der Waals surface area contributed by atoms with Crippen LogP contribution in [0, 0.1) is 0 Å². The molecule has 0 radical (unpaired) electrons. The van der Waals surface area contributed by atoms with Crippen LogP contribution in [0.15, 0.2) is 49.1 Å². The molecule has 0 amide bonds. The Kier molecular flexibility index (Phi) is 3.72. The first-order valence-electron chi connectivity index (χ1n) is 6.48. The van der Waals surface area contributed by atoms with Crippen molar-refractivity contribution in [1.82, 2.24) is 20.4 Å². The van der Waals surface area contributed by atoms with Crippen molar-refractivity contribution >= 4 is 10.8 Å². The van der Waals surface area contributed by atoms with Crippen molar-refractivity contribution in [3.63, 3.8) is 0 Å². The van der Waals surface area contributed by atoms with E-state index in [1.54, 1.807) is 19.4 Å². The molecule has 0 saturated carbocycles. The van der Waals surface area contributed by atoms with Gasteiger partial charge in [-0.2, -0.15) is 0 Å². The molecule has 0 saturated heterocycles. The van der Waals surface area contributed by atoms with Crippen molar-refractivity contribution in [2.24, 2.45) is 5.84 Å². The van der Waals surface area contributed by atoms with Gasteiger partial charge >= 0.3 is 0 Å². The van der Waals surface area contributed by atoms with Crippen molar-refractivity contribution in [2.45, 2.75) is 6.04 Å². The molecule has 1 aromatic carbocycles. The first-order chi connectivity index (χ1) is 10.3. The molecule has 2 heterocycles. The van der Waals surface area contributed by atoms with Crippen LogP contribution in [0.3, 0.4) is 0 Å². The minimum absolute atomic E-state index is 0.269. The Balaban J connectivity index is 2.13. The van der Waals surface area contributed by atoms with Crippen LogP contribution in [0.2, 0.25) is 0 Å². The number of hydrogen-bond acceptors (Lipinski definition) is 6. The summed E-state index contributed by atoms with van der Waals surface area (Å²) in [7, 11) is 1.57. The van der Waals surface area contributed by atoms with Gasteiger partial charge in [0.05, 0.1) is 18.8 Å². The summed E-state index contributed by atoms with van der Waals surface area (Å²) >= 11 is 0. The number of fused-ring (bicyclic) bond motifs is 1. The second-order valence-electron chi connectivity index (χ2n) is 4.53. The minimum Gasteiger partial charge on any atom is -0.481 e. The zero-order chi connectivity index (χ0) is 14.7. The lowest BCUT2D eigenvalue weighted by Crippen LogP contribution is -2.29. The highest BCUT2D eigenvalue weighted by Gasteiger charge is 2.17. The minimum atomic E-state index is -0.269. The van der Waals surface area contributed by atoms with Gasteiger partial charge in [0.25, 0.3) is 0 Å². The Hall–Kier alpha value is -2.57. The van der Waals surface area contributed by atoms with Gasteiger partial charge in [0.2, 0.25) is 5.88 Å². The van der Waals surface area contributed by atoms with Crippen LogP contribution >= 0.6 is 0 Å². The molecular weight excluding hydrogens is 266 g/mol. The summed E-state index contributed by atoms with van der Waals surface area (Å²) in [4.78, 5) is 12.5. The second-order valence-corrected chi connectivity index (χ2v) is 4.53. The maximum absolute atomic E-state index is 5.75. The van der Waals surface area contributed by atoms with E-state index in [9.17, 15) is 0 Å². The number of nitrogens with one attached hydrogen (secondary N) is 1. The van der Waals surface area contributed by atoms with Crippen molar-refractivity contribution < 1.29 is 4.74 Å². The maximum Gasteiger partial charge on any atom is 0.216 e. The molecule has 6 heteroatoms. The zero-order valence-corrected chi connectivity index (χ0v) is 11.5. The monoisotopic (exact) mass is 281 g/mol. The molecule has 0 spiro atoms. The van der Waals surface area contributed by atoms with Crippen LogP contribution in [0.25, 0.3) is 10.8 Å². The molecule has 3 rings (SSSR count). The van der Waals surface area contributed by atoms with E-state index in [1.165, 1.54) is 6.33 Å². The summed E-state index contributed by atoms with van der Waals surface area (Å²) in [5.74, 6) is 6.25. The van der Waals surface area contributed by atoms with Gasteiger partial charge in [-0.05, 0) is 17.0 Å². The van der Waals surface area contributed by atoms with Crippen molar-refractivity contribution in [3.8, 4) is 5.88 Å². The van der Waals surface area contributed by atoms with Gasteiger partial charge in [-0.3, -0.25) is 10.8 Å². The van der Waals surface area contributed by atoms with Gasteiger partial charge in [-0.15, -0.1) is 0 Å². The molecule has 0 aliphatic heterocycles. The SMILES string of the molecule is COc1cc(C(NN)c2cccc3ccncc23)ncn1. The molecule has 6 nitrogen and oxygen atoms in total. The first kappa shape index (κ1) is 13.4. The average molecular weight is 281 g/mol. The number of rotatable bonds is 4. The van der Waals surface area contributed by atoms with Crippen LogP contribution in [0.4, 0.5) is 0 Å². The van der Waals surface area contributed by atoms with E-state index in [4.69, 9.17) is 10.6 Å². The number of methoxy groups -OCH3 is 1. The fourth-order valence-electron chi connectivity index (χ4n) is 2.35. The molecule has 21 heavy (non-hydrogen) atoms. The third kappa shape index (κ3) is 2.54. The van der Waals surface area contributed by atoms with Gasteiger partial charge in [0.1, 0.15) is 6.33 Å². The van der Waals surface area contributed by atoms with Crippen LogP contribution in [-0.2, 0) is 0 Å². The lowest BCUT2D eigenvalue weighted by Gasteiger charge is -2.18. The lowest BCUT2D eigenvalue weighted by atomic mass is 9.98. The molecule has 2 aromatic heterocycles. The van der Waals surface area contributed by atoms with E-state index in [-0.39, 0.29) is 6.04 Å². The third-order valence-corrected chi connectivity index (χ3v) is 3.36. The topological polar surface area (TPSA) is 86.0 Å². The smallest absolute Gasteiger partial charge is 0.216 e. The van der Waals surface area contributed by atoms with E-state index in [2.05, 4.69) is 20.4 Å². The highest BCUT2D eigenvalue weighted by molar-refractivity contribution is 5.85. The maximum atomic E-state index is 5.75. The van der Waals surface area contributed by atoms with Crippen molar-refractivity contribution in [1.29, 1.82) is 0 Å². The van der Waals surface area contributed by atoms with Crippen LogP contribution in [-0.4, -0.2) is 22.1 Å². The molecule has 106 valence electrons. The van der Waals surface area contributed by atoms with E-state index >= 15 is 0 Å². The highest BCUT2D eigenvalue weighted by Crippen LogP contribution is 2.27. The molecule has 0 fully saturated rings. The number of hydrogen-bond donors (Lipinski definition) is 2. The predicted molar refractivity (Wildman–Crippen MR) is 79.5 cm³/mol. The Morgan fingerprint density at radius 2 is 2.14 bits per heavy atom. The number of nitrogens with two attached hydrogens (primary N) is 1. The Morgan fingerprint density at radius 3 is 2.95 bits per heavy atom. The van der Waals surface area contributed by atoms with E-state index in [0.717, 1.165) is 22.0 Å². The normalized spacial score (nSPS) is 12.3. The highest BCUT2D eigenvalue weighted by atomic mass is 16.5. The van der Waals surface area contributed by atoms with Crippen molar-refractivity contribution in [2.75, 3.05) is 7.11 Å². The molecule has 3 aromatic rings. The molecule has 3 N–H and O–H groups in total. The summed E-state index contributed by atoms with van der Waals surface area (Å²) in [5.41, 5.74) is 4.54. The fraction of sp³-hybridized carbons (Fsp3) is 0.133. The molecule has 1 atom stereocenters. The Bertz CT molecular complexity index is 756. The molecule has 0 aliphatic rings. The molecule has 0 aliphatic carbocycles. The van der Waals surface area contributed by atoms with Crippen LogP contribution < -0.4 is 16.0 Å². The van der Waals surface area contributed by atoms with Gasteiger partial charge in [-0.25, -0.2) is 15.4 Å². The average Bonchev–Trinajstić information content (AvgIpc) is 2.56. The fourth-order valence-corrected chi connectivity index (χ4v) is 2.35. The van der Waals surface area contributed by atoms with E-state index in [0.29, 0.717) is 5.88 Å². The summed E-state index contributed by atoms with van der Waals surface area (Å²) in [6, 6.07) is 9.49. The van der Waals surface area contributed by atoms with E-state index in [1.807, 2.05) is 30.5 Å². The van der Waals surface area contributed by atoms with Gasteiger partial charge in [-0.1, -0.05) is 18.2 Å². The molecular formula is C15H15N5O. The standard InChI is InChI=1S/C15H15N5O/c1-21-14-7-13(18-9-19-14)15(20-16)11-4-2-3-10-5-6-17-8-12(10)11/h2-9,15,20H,16H2,1H3. The van der Waals surface area contributed by atoms with Crippen LogP contribution in [0.1, 0.15) is 17.3 Å². The predicted octanol–water partition coefficient (Wildman–Crippen LogP) is 1.59. The van der Waals surface area contributed by atoms with Crippen molar-refractivity contribution in [3.05, 3.63) is 60.3 Å². The molecule has 1 unspecified atom stereocenters. The zero-order valence-electron chi connectivity index (χ0n) is 11.5. The third-order valence-electron chi connectivity index (χ3n) is 3.36. The number of hydrazine groups is 1. The lowest BCUT2D eigenvalue weighted by molar-refractivity contribution is 0.395. The number of ether oxygens (including phenoxy) is 1. The van der Waals surface area contributed by atoms with E-state index < -0.39 is 0 Å². The second kappa shape index (κ2) is 5.82. The quantitative estimate of drug-likeness (QED) is 0.558. The first-order valence-corrected chi connectivity index (χ1v) is 6.48. The summed E-state index contributed by atoms with van der Waals surface area (Å²) in [6.45, 7) is 0. The number of aromatic nitrogens is 3.